The predicted octanol–water partition coefficient (Wildman–Crippen LogP) is 2.40. The van der Waals surface area contributed by atoms with Crippen LogP contribution in [0.5, 0.6) is 5.75 Å². The van der Waals surface area contributed by atoms with E-state index in [-0.39, 0.29) is 11.7 Å². The number of aliphatic hydroxyl groups is 1. The van der Waals surface area contributed by atoms with Crippen molar-refractivity contribution in [2.75, 3.05) is 13.2 Å². The molecule has 0 radical (unpaired) electrons. The molecule has 0 aliphatic rings. The lowest BCUT2D eigenvalue weighted by Crippen LogP contribution is -2.47. The van der Waals surface area contributed by atoms with Crippen LogP contribution in [-0.2, 0) is 23.1 Å². The highest BCUT2D eigenvalue weighted by Crippen LogP contribution is 2.27. The molecule has 0 aliphatic heterocycles. The van der Waals surface area contributed by atoms with E-state index in [1.54, 1.807) is 45.5 Å². The van der Waals surface area contributed by atoms with E-state index >= 15 is 0 Å². The van der Waals surface area contributed by atoms with Crippen molar-refractivity contribution in [1.82, 2.24) is 19.4 Å². The number of nitrogens with one attached hydrogen (secondary N) is 1. The summed E-state index contributed by atoms with van der Waals surface area (Å²) < 4.78 is 14.7. The zero-order valence-electron chi connectivity index (χ0n) is 20.7. The molecule has 2 heterocycles. The Bertz CT molecular complexity index is 1190. The molecule has 0 fully saturated rings. The van der Waals surface area contributed by atoms with Crippen molar-refractivity contribution < 1.29 is 19.4 Å². The molecule has 2 aromatic heterocycles. The number of nitrogens with zero attached hydrogens (tertiary/aromatic N) is 3. The number of carbonyl (C=O) groups is 1. The van der Waals surface area contributed by atoms with Gasteiger partial charge in [-0.05, 0) is 52.8 Å². The summed E-state index contributed by atoms with van der Waals surface area (Å²) in [6, 6.07) is 6.76. The van der Waals surface area contributed by atoms with E-state index in [1.807, 2.05) is 24.3 Å². The quantitative estimate of drug-likeness (QED) is 0.346. The SMILES string of the molecule is CCn1c(-c2cc(C)c(=O)n(C)c2)nc2cc(OCCN[C@H](C(=O)OC(C)C)[C@@H](C)O)ccc21. The first kappa shape index (κ1) is 25.5. The molecule has 3 aromatic rings. The van der Waals surface area contributed by atoms with Gasteiger partial charge in [-0.25, -0.2) is 4.98 Å². The zero-order valence-corrected chi connectivity index (χ0v) is 20.7. The average molecular weight is 471 g/mol. The van der Waals surface area contributed by atoms with Crippen LogP contribution in [0.15, 0.2) is 35.3 Å². The number of aliphatic hydroxyl groups excluding tert-OH is 1. The Labute approximate surface area is 199 Å². The van der Waals surface area contributed by atoms with Gasteiger partial charge in [0.25, 0.3) is 5.56 Å². The molecule has 2 atom stereocenters. The van der Waals surface area contributed by atoms with Gasteiger partial charge in [0.1, 0.15) is 24.2 Å². The summed E-state index contributed by atoms with van der Waals surface area (Å²) in [4.78, 5) is 29.0. The number of pyridine rings is 1. The number of esters is 1. The van der Waals surface area contributed by atoms with Gasteiger partial charge in [-0.1, -0.05) is 0 Å². The highest BCUT2D eigenvalue weighted by molar-refractivity contribution is 5.82. The van der Waals surface area contributed by atoms with E-state index in [1.165, 1.54) is 0 Å². The van der Waals surface area contributed by atoms with Crippen molar-refractivity contribution >= 4 is 17.0 Å². The Kier molecular flexibility index (Phi) is 8.11. The molecule has 9 heteroatoms. The van der Waals surface area contributed by atoms with Gasteiger partial charge in [-0.2, -0.15) is 0 Å². The minimum absolute atomic E-state index is 0.0255. The number of aryl methyl sites for hydroxylation is 3. The summed E-state index contributed by atoms with van der Waals surface area (Å²) in [6.07, 6.45) is 0.658. The van der Waals surface area contributed by atoms with Gasteiger partial charge in [0.2, 0.25) is 0 Å². The fourth-order valence-corrected chi connectivity index (χ4v) is 3.88. The van der Waals surface area contributed by atoms with Crippen LogP contribution in [0.3, 0.4) is 0 Å². The maximum atomic E-state index is 12.1. The minimum Gasteiger partial charge on any atom is -0.492 e. The summed E-state index contributed by atoms with van der Waals surface area (Å²) in [5.41, 5.74) is 3.28. The summed E-state index contributed by atoms with van der Waals surface area (Å²) >= 11 is 0. The number of hydrogen-bond donors (Lipinski definition) is 2. The smallest absolute Gasteiger partial charge is 0.326 e. The summed E-state index contributed by atoms with van der Waals surface area (Å²) in [7, 11) is 1.74. The van der Waals surface area contributed by atoms with Gasteiger partial charge in [0.05, 0.1) is 23.2 Å². The van der Waals surface area contributed by atoms with Gasteiger partial charge in [-0.3, -0.25) is 14.9 Å². The van der Waals surface area contributed by atoms with E-state index in [2.05, 4.69) is 16.8 Å². The molecular formula is C25H34N4O5. The number of rotatable bonds is 10. The van der Waals surface area contributed by atoms with Crippen LogP contribution in [0.2, 0.25) is 0 Å². The van der Waals surface area contributed by atoms with Crippen LogP contribution >= 0.6 is 0 Å². The molecule has 0 bridgehead atoms. The van der Waals surface area contributed by atoms with Gasteiger partial charge >= 0.3 is 5.97 Å². The van der Waals surface area contributed by atoms with Crippen LogP contribution in [-0.4, -0.2) is 56.6 Å². The Balaban J connectivity index is 1.73. The van der Waals surface area contributed by atoms with Crippen LogP contribution in [0.1, 0.15) is 33.3 Å². The summed E-state index contributed by atoms with van der Waals surface area (Å²) in [6.45, 7) is 10.3. The molecule has 0 saturated heterocycles. The van der Waals surface area contributed by atoms with Gasteiger partial charge in [0.15, 0.2) is 0 Å². The second-order valence-corrected chi connectivity index (χ2v) is 8.66. The standard InChI is InChI=1S/C25H34N4O5/c1-7-29-21-9-8-19(33-11-10-26-22(17(5)30)25(32)34-15(2)3)13-20(21)27-23(29)18-12-16(4)24(31)28(6)14-18/h8-9,12-15,17,22,26,30H,7,10-11H2,1-6H3/t17-,22+/m1/s1. The van der Waals surface area contributed by atoms with Gasteiger partial charge < -0.3 is 23.7 Å². The summed E-state index contributed by atoms with van der Waals surface area (Å²) in [5, 5.41) is 12.9. The highest BCUT2D eigenvalue weighted by atomic mass is 16.5. The Morgan fingerprint density at radius 2 is 1.97 bits per heavy atom. The maximum Gasteiger partial charge on any atom is 0.326 e. The lowest BCUT2D eigenvalue weighted by atomic mass is 10.2. The number of fused-ring (bicyclic) bond motifs is 1. The van der Waals surface area contributed by atoms with Crippen molar-refractivity contribution in [3.8, 4) is 17.1 Å². The predicted molar refractivity (Wildman–Crippen MR) is 131 cm³/mol. The number of benzene rings is 1. The molecular weight excluding hydrogens is 436 g/mol. The van der Waals surface area contributed by atoms with Crippen molar-refractivity contribution in [2.24, 2.45) is 7.05 Å². The minimum atomic E-state index is -0.889. The first-order valence-electron chi connectivity index (χ1n) is 11.5. The number of aromatic nitrogens is 3. The topological polar surface area (TPSA) is 108 Å². The average Bonchev–Trinajstić information content (AvgIpc) is 3.14. The van der Waals surface area contributed by atoms with E-state index in [4.69, 9.17) is 14.5 Å². The third-order valence-electron chi connectivity index (χ3n) is 5.48. The largest absolute Gasteiger partial charge is 0.492 e. The van der Waals surface area contributed by atoms with Crippen molar-refractivity contribution in [3.05, 3.63) is 46.4 Å². The van der Waals surface area contributed by atoms with E-state index in [0.717, 1.165) is 29.0 Å². The lowest BCUT2D eigenvalue weighted by Gasteiger charge is -2.21. The molecule has 0 unspecified atom stereocenters. The maximum absolute atomic E-state index is 12.1. The molecule has 0 aliphatic carbocycles. The fraction of sp³-hybridized carbons (Fsp3) is 0.480. The van der Waals surface area contributed by atoms with Crippen molar-refractivity contribution in [2.45, 2.75) is 59.4 Å². The first-order chi connectivity index (χ1) is 16.1. The van der Waals surface area contributed by atoms with Crippen LogP contribution in [0.25, 0.3) is 22.4 Å². The molecule has 3 rings (SSSR count). The second-order valence-electron chi connectivity index (χ2n) is 8.66. The van der Waals surface area contributed by atoms with Gasteiger partial charge in [-0.15, -0.1) is 0 Å². The normalized spacial score (nSPS) is 13.3. The molecule has 0 amide bonds. The van der Waals surface area contributed by atoms with Crippen LogP contribution in [0, 0.1) is 6.92 Å². The highest BCUT2D eigenvalue weighted by Gasteiger charge is 2.25. The second kappa shape index (κ2) is 10.8. The summed E-state index contributed by atoms with van der Waals surface area (Å²) in [5.74, 6) is 0.952. The number of imidazole rings is 1. The third kappa shape index (κ3) is 5.66. The van der Waals surface area contributed by atoms with E-state index in [9.17, 15) is 14.7 Å². The van der Waals surface area contributed by atoms with Crippen LogP contribution in [0.4, 0.5) is 0 Å². The molecule has 1 aromatic carbocycles. The number of carbonyl (C=O) groups excluding carboxylic acids is 1. The monoisotopic (exact) mass is 470 g/mol. The molecule has 184 valence electrons. The molecule has 0 spiro atoms. The Morgan fingerprint density at radius 1 is 1.24 bits per heavy atom. The molecule has 34 heavy (non-hydrogen) atoms. The lowest BCUT2D eigenvalue weighted by molar-refractivity contribution is -0.152. The number of hydrogen-bond acceptors (Lipinski definition) is 7. The van der Waals surface area contributed by atoms with Crippen LogP contribution < -0.4 is 15.6 Å². The van der Waals surface area contributed by atoms with E-state index < -0.39 is 18.1 Å². The van der Waals surface area contributed by atoms with Crippen molar-refractivity contribution in [1.29, 1.82) is 0 Å². The molecule has 2 N–H and O–H groups in total. The fourth-order valence-electron chi connectivity index (χ4n) is 3.88. The molecule has 9 nitrogen and oxygen atoms in total. The Morgan fingerprint density at radius 3 is 2.59 bits per heavy atom. The van der Waals surface area contributed by atoms with E-state index in [0.29, 0.717) is 24.5 Å². The Hall–Kier alpha value is -3.17. The zero-order chi connectivity index (χ0) is 25.0. The third-order valence-corrected chi connectivity index (χ3v) is 5.48. The number of ether oxygens (including phenoxy) is 2. The first-order valence-corrected chi connectivity index (χ1v) is 11.5. The van der Waals surface area contributed by atoms with Crippen molar-refractivity contribution in [3.63, 3.8) is 0 Å². The van der Waals surface area contributed by atoms with Gasteiger partial charge in [0, 0.05) is 43.5 Å². The molecule has 0 saturated carbocycles.